The van der Waals surface area contributed by atoms with Crippen molar-refractivity contribution < 1.29 is 0 Å². The number of aromatic nitrogens is 1. The summed E-state index contributed by atoms with van der Waals surface area (Å²) in [5, 5.41) is 18.8. The van der Waals surface area contributed by atoms with E-state index in [9.17, 15) is 0 Å². The number of nitrogens with two attached hydrogens (primary N) is 1. The molecule has 0 bridgehead atoms. The Labute approximate surface area is 171 Å². The molecule has 6 nitrogen and oxygen atoms in total. The SMILES string of the molecule is Cc1c(N=Nc2ccc(Cl)cc2)s/c(=N\N=C2/CCCc3ccccc32)n1N. The van der Waals surface area contributed by atoms with Crippen molar-refractivity contribution in [3.05, 3.63) is 75.2 Å². The maximum atomic E-state index is 6.15. The van der Waals surface area contributed by atoms with E-state index >= 15 is 0 Å². The van der Waals surface area contributed by atoms with Crippen molar-refractivity contribution in [2.45, 2.75) is 26.2 Å². The standard InChI is InChI=1S/C20H19ClN6S/c1-13-19(25-23-16-11-9-15(21)10-12-16)28-20(27(13)22)26-24-18-8-4-6-14-5-2-3-7-17(14)18/h2-3,5,7,9-12H,4,6,8,22H2,1H3/b24-18+,25-23?,26-20-. The van der Waals surface area contributed by atoms with Crippen LogP contribution in [0.3, 0.4) is 0 Å². The molecule has 2 N–H and O–H groups in total. The molecule has 28 heavy (non-hydrogen) atoms. The molecule has 0 atom stereocenters. The van der Waals surface area contributed by atoms with Crippen LogP contribution in [0.15, 0.2) is 69.0 Å². The highest BCUT2D eigenvalue weighted by Gasteiger charge is 2.14. The second kappa shape index (κ2) is 8.08. The summed E-state index contributed by atoms with van der Waals surface area (Å²) < 4.78 is 1.50. The lowest BCUT2D eigenvalue weighted by Crippen LogP contribution is -2.24. The van der Waals surface area contributed by atoms with Crippen LogP contribution in [-0.4, -0.2) is 10.4 Å². The number of fused-ring (bicyclic) bond motifs is 1. The molecule has 8 heteroatoms. The number of hydrogen-bond acceptors (Lipinski definition) is 6. The fourth-order valence-electron chi connectivity index (χ4n) is 3.04. The molecule has 0 aliphatic heterocycles. The molecule has 0 spiro atoms. The molecule has 2 aromatic carbocycles. The van der Waals surface area contributed by atoms with E-state index in [1.54, 1.807) is 12.1 Å². The summed E-state index contributed by atoms with van der Waals surface area (Å²) >= 11 is 7.25. The number of halogens is 1. The molecule has 1 heterocycles. The minimum Gasteiger partial charge on any atom is -0.337 e. The van der Waals surface area contributed by atoms with E-state index in [4.69, 9.17) is 17.4 Å². The number of aryl methyl sites for hydroxylation is 1. The van der Waals surface area contributed by atoms with Crippen LogP contribution in [0.25, 0.3) is 0 Å². The van der Waals surface area contributed by atoms with Gasteiger partial charge in [0.05, 0.1) is 17.1 Å². The van der Waals surface area contributed by atoms with Crippen molar-refractivity contribution in [1.82, 2.24) is 4.68 Å². The molecule has 0 radical (unpaired) electrons. The lowest BCUT2D eigenvalue weighted by molar-refractivity contribution is 0.828. The van der Waals surface area contributed by atoms with Crippen LogP contribution in [0, 0.1) is 6.92 Å². The maximum Gasteiger partial charge on any atom is 0.231 e. The molecular weight excluding hydrogens is 392 g/mol. The number of thiazole rings is 1. The van der Waals surface area contributed by atoms with Gasteiger partial charge >= 0.3 is 0 Å². The summed E-state index contributed by atoms with van der Waals surface area (Å²) in [6.07, 6.45) is 3.08. The zero-order chi connectivity index (χ0) is 19.5. The summed E-state index contributed by atoms with van der Waals surface area (Å²) in [7, 11) is 0. The predicted molar refractivity (Wildman–Crippen MR) is 114 cm³/mol. The third-order valence-corrected chi connectivity index (χ3v) is 5.88. The van der Waals surface area contributed by atoms with E-state index in [2.05, 4.69) is 38.6 Å². The topological polar surface area (TPSA) is 80.4 Å². The van der Waals surface area contributed by atoms with Gasteiger partial charge in [-0.3, -0.25) is 0 Å². The summed E-state index contributed by atoms with van der Waals surface area (Å²) in [5.41, 5.74) is 5.00. The van der Waals surface area contributed by atoms with Crippen LogP contribution in [-0.2, 0) is 6.42 Å². The molecule has 142 valence electrons. The van der Waals surface area contributed by atoms with E-state index in [1.165, 1.54) is 27.1 Å². The van der Waals surface area contributed by atoms with E-state index in [0.717, 1.165) is 36.4 Å². The molecule has 0 amide bonds. The smallest absolute Gasteiger partial charge is 0.231 e. The largest absolute Gasteiger partial charge is 0.337 e. The molecule has 1 aromatic heterocycles. The van der Waals surface area contributed by atoms with Crippen molar-refractivity contribution in [2.24, 2.45) is 20.4 Å². The Hall–Kier alpha value is -2.77. The number of benzene rings is 2. The average molecular weight is 411 g/mol. The third kappa shape index (κ3) is 3.90. The van der Waals surface area contributed by atoms with Crippen LogP contribution in [0.1, 0.15) is 29.7 Å². The predicted octanol–water partition coefficient (Wildman–Crippen LogP) is 5.28. The highest BCUT2D eigenvalue weighted by atomic mass is 35.5. The van der Waals surface area contributed by atoms with Gasteiger partial charge < -0.3 is 5.84 Å². The fourth-order valence-corrected chi connectivity index (χ4v) is 3.98. The van der Waals surface area contributed by atoms with Gasteiger partial charge in [0.1, 0.15) is 0 Å². The Morgan fingerprint density at radius 2 is 1.79 bits per heavy atom. The Bertz CT molecular complexity index is 1120. The molecule has 0 saturated heterocycles. The minimum absolute atomic E-state index is 0.582. The molecule has 3 aromatic rings. The zero-order valence-corrected chi connectivity index (χ0v) is 16.9. The molecule has 0 fully saturated rings. The van der Waals surface area contributed by atoms with E-state index in [1.807, 2.05) is 25.1 Å². The molecular formula is C20H19ClN6S. The Kier molecular flexibility index (Phi) is 5.36. The molecule has 1 aliphatic rings. The molecule has 0 unspecified atom stereocenters. The lowest BCUT2D eigenvalue weighted by atomic mass is 9.90. The van der Waals surface area contributed by atoms with Crippen LogP contribution in [0.4, 0.5) is 10.7 Å². The maximum absolute atomic E-state index is 6.15. The second-order valence-corrected chi connectivity index (χ2v) is 7.87. The van der Waals surface area contributed by atoms with Gasteiger partial charge in [0.25, 0.3) is 0 Å². The first kappa shape index (κ1) is 18.6. The Morgan fingerprint density at radius 1 is 1.00 bits per heavy atom. The van der Waals surface area contributed by atoms with Gasteiger partial charge in [0, 0.05) is 10.6 Å². The van der Waals surface area contributed by atoms with Gasteiger partial charge in [-0.15, -0.1) is 15.3 Å². The Morgan fingerprint density at radius 3 is 2.61 bits per heavy atom. The van der Waals surface area contributed by atoms with Gasteiger partial charge in [-0.25, -0.2) is 4.68 Å². The summed E-state index contributed by atoms with van der Waals surface area (Å²) in [6, 6.07) is 15.5. The van der Waals surface area contributed by atoms with Crippen molar-refractivity contribution in [3.63, 3.8) is 0 Å². The minimum atomic E-state index is 0.582. The summed E-state index contributed by atoms with van der Waals surface area (Å²) in [6.45, 7) is 1.88. The fraction of sp³-hybridized carbons (Fsp3) is 0.200. The second-order valence-electron chi connectivity index (χ2n) is 6.48. The van der Waals surface area contributed by atoms with Crippen LogP contribution >= 0.6 is 22.9 Å². The van der Waals surface area contributed by atoms with Crippen LogP contribution in [0.2, 0.25) is 5.02 Å². The number of azo groups is 1. The third-order valence-electron chi connectivity index (χ3n) is 4.59. The average Bonchev–Trinajstić information content (AvgIpc) is 2.99. The van der Waals surface area contributed by atoms with Crippen molar-refractivity contribution in [1.29, 1.82) is 0 Å². The monoisotopic (exact) mass is 410 g/mol. The zero-order valence-electron chi connectivity index (χ0n) is 15.3. The van der Waals surface area contributed by atoms with Gasteiger partial charge in [-0.2, -0.15) is 5.10 Å². The van der Waals surface area contributed by atoms with E-state index in [0.29, 0.717) is 14.8 Å². The molecule has 1 aliphatic carbocycles. The first-order chi connectivity index (χ1) is 13.6. The van der Waals surface area contributed by atoms with E-state index in [-0.39, 0.29) is 0 Å². The van der Waals surface area contributed by atoms with Crippen molar-refractivity contribution in [3.8, 4) is 0 Å². The van der Waals surface area contributed by atoms with Gasteiger partial charge in [-0.05, 0) is 56.0 Å². The van der Waals surface area contributed by atoms with Crippen LogP contribution < -0.4 is 10.6 Å². The van der Waals surface area contributed by atoms with Crippen LogP contribution in [0.5, 0.6) is 0 Å². The normalized spacial score (nSPS) is 16.1. The first-order valence-electron chi connectivity index (χ1n) is 8.95. The van der Waals surface area contributed by atoms with Gasteiger partial charge in [-0.1, -0.05) is 47.2 Å². The summed E-state index contributed by atoms with van der Waals surface area (Å²) in [4.78, 5) is 0.582. The summed E-state index contributed by atoms with van der Waals surface area (Å²) in [5.74, 6) is 6.15. The van der Waals surface area contributed by atoms with Crippen molar-refractivity contribution >= 4 is 39.3 Å². The quantitative estimate of drug-likeness (QED) is 0.355. The molecule has 4 rings (SSSR count). The highest BCUT2D eigenvalue weighted by molar-refractivity contribution is 7.13. The first-order valence-corrected chi connectivity index (χ1v) is 10.1. The van der Waals surface area contributed by atoms with Gasteiger partial charge in [0.2, 0.25) is 4.80 Å². The van der Waals surface area contributed by atoms with Gasteiger partial charge in [0.15, 0.2) is 5.00 Å². The number of hydrogen-bond donors (Lipinski definition) is 1. The van der Waals surface area contributed by atoms with E-state index < -0.39 is 0 Å². The lowest BCUT2D eigenvalue weighted by Gasteiger charge is -2.16. The Balaban J connectivity index is 1.65. The number of nitrogens with zero attached hydrogens (tertiary/aromatic N) is 5. The van der Waals surface area contributed by atoms with Crippen molar-refractivity contribution in [2.75, 3.05) is 5.84 Å². The number of nitrogen functional groups attached to an aromatic ring is 1. The molecule has 0 saturated carbocycles. The highest BCUT2D eigenvalue weighted by Crippen LogP contribution is 2.25. The number of rotatable bonds is 3.